The lowest BCUT2D eigenvalue weighted by molar-refractivity contribution is -0.115. The number of aromatic nitrogens is 2. The van der Waals surface area contributed by atoms with Gasteiger partial charge in [-0.15, -0.1) is 0 Å². The van der Waals surface area contributed by atoms with Crippen molar-refractivity contribution in [1.29, 1.82) is 0 Å². The van der Waals surface area contributed by atoms with Crippen LogP contribution < -0.4 is 10.1 Å². The second-order valence-corrected chi connectivity index (χ2v) is 6.58. The quantitative estimate of drug-likeness (QED) is 0.774. The van der Waals surface area contributed by atoms with Crippen LogP contribution in [0.25, 0.3) is 11.0 Å². The zero-order valence-electron chi connectivity index (χ0n) is 14.5. The number of carbonyl (C=O) groups is 1. The average Bonchev–Trinajstić information content (AvgIpc) is 3.39. The number of hydrogen-bond donors (Lipinski definition) is 1. The summed E-state index contributed by atoms with van der Waals surface area (Å²) in [5.41, 5.74) is 3.79. The highest BCUT2D eigenvalue weighted by Crippen LogP contribution is 2.40. The lowest BCUT2D eigenvalue weighted by Gasteiger charge is -2.07. The van der Waals surface area contributed by atoms with Gasteiger partial charge in [-0.3, -0.25) is 4.79 Å². The van der Waals surface area contributed by atoms with Crippen LogP contribution in [-0.4, -0.2) is 22.6 Å². The Balaban J connectivity index is 1.50. The first-order valence-corrected chi connectivity index (χ1v) is 8.53. The van der Waals surface area contributed by atoms with E-state index in [-0.39, 0.29) is 5.91 Å². The monoisotopic (exact) mass is 335 g/mol. The largest absolute Gasteiger partial charge is 0.497 e. The maximum absolute atomic E-state index is 12.3. The number of benzene rings is 2. The molecule has 3 aromatic rings. The van der Waals surface area contributed by atoms with E-state index in [1.165, 1.54) is 12.8 Å². The molecule has 0 unspecified atom stereocenters. The van der Waals surface area contributed by atoms with Gasteiger partial charge in [0, 0.05) is 24.7 Å². The normalized spacial score (nSPS) is 13.8. The van der Waals surface area contributed by atoms with Crippen molar-refractivity contribution in [2.45, 2.75) is 25.2 Å². The Morgan fingerprint density at radius 2 is 2.12 bits per heavy atom. The molecule has 4 rings (SSSR count). The van der Waals surface area contributed by atoms with E-state index >= 15 is 0 Å². The Kier molecular flexibility index (Phi) is 3.92. The topological polar surface area (TPSA) is 56.1 Å². The third-order valence-electron chi connectivity index (χ3n) is 4.64. The number of aryl methyl sites for hydroxylation is 1. The van der Waals surface area contributed by atoms with Crippen molar-refractivity contribution in [3.63, 3.8) is 0 Å². The molecule has 1 amide bonds. The van der Waals surface area contributed by atoms with Crippen LogP contribution in [0.3, 0.4) is 0 Å². The first-order valence-electron chi connectivity index (χ1n) is 8.53. The van der Waals surface area contributed by atoms with Gasteiger partial charge in [0.05, 0.1) is 24.6 Å². The molecule has 1 aromatic heterocycles. The fourth-order valence-electron chi connectivity index (χ4n) is 3.17. The molecule has 0 radical (unpaired) electrons. The molecule has 0 aliphatic heterocycles. The van der Waals surface area contributed by atoms with E-state index in [1.54, 1.807) is 7.11 Å². The van der Waals surface area contributed by atoms with Crippen molar-refractivity contribution in [1.82, 2.24) is 9.55 Å². The first kappa shape index (κ1) is 15.7. The zero-order chi connectivity index (χ0) is 17.4. The highest BCUT2D eigenvalue weighted by Gasteiger charge is 2.28. The molecule has 1 heterocycles. The molecule has 0 bridgehead atoms. The van der Waals surface area contributed by atoms with Gasteiger partial charge < -0.3 is 14.6 Å². The van der Waals surface area contributed by atoms with Gasteiger partial charge in [-0.25, -0.2) is 4.98 Å². The highest BCUT2D eigenvalue weighted by atomic mass is 16.5. The third-order valence-corrected chi connectivity index (χ3v) is 4.64. The van der Waals surface area contributed by atoms with Crippen molar-refractivity contribution in [3.8, 4) is 5.75 Å². The van der Waals surface area contributed by atoms with Crippen LogP contribution in [-0.2, 0) is 18.3 Å². The molecule has 0 spiro atoms. The summed E-state index contributed by atoms with van der Waals surface area (Å²) < 4.78 is 7.35. The molecular weight excluding hydrogens is 314 g/mol. The van der Waals surface area contributed by atoms with Crippen LogP contribution in [0.5, 0.6) is 5.75 Å². The van der Waals surface area contributed by atoms with E-state index in [2.05, 4.69) is 23.0 Å². The van der Waals surface area contributed by atoms with Crippen LogP contribution in [0.4, 0.5) is 5.69 Å². The number of nitrogens with zero attached hydrogens (tertiary/aromatic N) is 2. The first-order chi connectivity index (χ1) is 12.1. The lowest BCUT2D eigenvalue weighted by atomic mass is 10.1. The molecule has 0 saturated heterocycles. The summed E-state index contributed by atoms with van der Waals surface area (Å²) >= 11 is 0. The SMILES string of the molecule is COc1cccc(NC(=O)Cc2ccc3c(c2)nc(C2CC2)n3C)c1. The van der Waals surface area contributed by atoms with Gasteiger partial charge in [-0.2, -0.15) is 0 Å². The van der Waals surface area contributed by atoms with E-state index in [9.17, 15) is 4.79 Å². The molecule has 1 N–H and O–H groups in total. The molecular formula is C20H21N3O2. The summed E-state index contributed by atoms with van der Waals surface area (Å²) in [7, 11) is 3.68. The minimum atomic E-state index is -0.0500. The number of ether oxygens (including phenoxy) is 1. The number of carbonyl (C=O) groups excluding carboxylic acids is 1. The van der Waals surface area contributed by atoms with Gasteiger partial charge in [-0.1, -0.05) is 12.1 Å². The Hall–Kier alpha value is -2.82. The number of anilines is 1. The predicted molar refractivity (Wildman–Crippen MR) is 98.0 cm³/mol. The summed E-state index contributed by atoms with van der Waals surface area (Å²) in [4.78, 5) is 17.1. The number of nitrogens with one attached hydrogen (secondary N) is 1. The zero-order valence-corrected chi connectivity index (χ0v) is 14.5. The molecule has 128 valence electrons. The molecule has 5 heteroatoms. The summed E-state index contributed by atoms with van der Waals surface area (Å²) in [6.45, 7) is 0. The Bertz CT molecular complexity index is 941. The second-order valence-electron chi connectivity index (χ2n) is 6.58. The second kappa shape index (κ2) is 6.24. The van der Waals surface area contributed by atoms with E-state index in [0.29, 0.717) is 12.3 Å². The van der Waals surface area contributed by atoms with Crippen molar-refractivity contribution in [3.05, 3.63) is 53.9 Å². The third kappa shape index (κ3) is 3.22. The fourth-order valence-corrected chi connectivity index (χ4v) is 3.17. The van der Waals surface area contributed by atoms with Gasteiger partial charge in [0.2, 0.25) is 5.91 Å². The summed E-state index contributed by atoms with van der Waals surface area (Å²) in [5.74, 6) is 2.44. The van der Waals surface area contributed by atoms with Crippen LogP contribution in [0, 0.1) is 0 Å². The number of amides is 1. The van der Waals surface area contributed by atoms with Gasteiger partial charge in [-0.05, 0) is 42.7 Å². The maximum Gasteiger partial charge on any atom is 0.228 e. The number of fused-ring (bicyclic) bond motifs is 1. The molecule has 25 heavy (non-hydrogen) atoms. The van der Waals surface area contributed by atoms with Crippen LogP contribution in [0.15, 0.2) is 42.5 Å². The van der Waals surface area contributed by atoms with E-state index in [0.717, 1.165) is 33.9 Å². The molecule has 1 saturated carbocycles. The van der Waals surface area contributed by atoms with E-state index < -0.39 is 0 Å². The maximum atomic E-state index is 12.3. The Labute approximate surface area is 146 Å². The fraction of sp³-hybridized carbons (Fsp3) is 0.300. The molecule has 1 fully saturated rings. The van der Waals surface area contributed by atoms with Crippen molar-refractivity contribution < 1.29 is 9.53 Å². The number of hydrogen-bond acceptors (Lipinski definition) is 3. The van der Waals surface area contributed by atoms with Crippen LogP contribution >= 0.6 is 0 Å². The number of methoxy groups -OCH3 is 1. The average molecular weight is 335 g/mol. The molecule has 1 aliphatic rings. The minimum Gasteiger partial charge on any atom is -0.497 e. The lowest BCUT2D eigenvalue weighted by Crippen LogP contribution is -2.14. The number of rotatable bonds is 5. The van der Waals surface area contributed by atoms with Gasteiger partial charge in [0.1, 0.15) is 11.6 Å². The summed E-state index contributed by atoms with van der Waals surface area (Å²) in [5, 5.41) is 2.91. The molecule has 2 aromatic carbocycles. The van der Waals surface area contributed by atoms with Crippen LogP contribution in [0.2, 0.25) is 0 Å². The van der Waals surface area contributed by atoms with Gasteiger partial charge in [0.15, 0.2) is 0 Å². The standard InChI is InChI=1S/C20H21N3O2/c1-23-18-9-6-13(10-17(18)22-20(23)14-7-8-14)11-19(24)21-15-4-3-5-16(12-15)25-2/h3-6,9-10,12,14H,7-8,11H2,1-2H3,(H,21,24). The van der Waals surface area contributed by atoms with Gasteiger partial charge >= 0.3 is 0 Å². The van der Waals surface area contributed by atoms with Crippen LogP contribution in [0.1, 0.15) is 30.1 Å². The summed E-state index contributed by atoms with van der Waals surface area (Å²) in [6.07, 6.45) is 2.78. The van der Waals surface area contributed by atoms with E-state index in [1.807, 2.05) is 36.4 Å². The Morgan fingerprint density at radius 3 is 2.88 bits per heavy atom. The minimum absolute atomic E-state index is 0.0500. The molecule has 1 aliphatic carbocycles. The Morgan fingerprint density at radius 1 is 1.28 bits per heavy atom. The van der Waals surface area contributed by atoms with Crippen molar-refractivity contribution >= 4 is 22.6 Å². The predicted octanol–water partition coefficient (Wildman–Crippen LogP) is 3.64. The summed E-state index contributed by atoms with van der Waals surface area (Å²) in [6, 6.07) is 13.4. The molecule has 0 atom stereocenters. The van der Waals surface area contributed by atoms with Crippen molar-refractivity contribution in [2.24, 2.45) is 7.05 Å². The van der Waals surface area contributed by atoms with Crippen molar-refractivity contribution in [2.75, 3.05) is 12.4 Å². The smallest absolute Gasteiger partial charge is 0.228 e. The van der Waals surface area contributed by atoms with E-state index in [4.69, 9.17) is 9.72 Å². The number of imidazole rings is 1. The molecule has 5 nitrogen and oxygen atoms in total. The van der Waals surface area contributed by atoms with Gasteiger partial charge in [0.25, 0.3) is 0 Å². The highest BCUT2D eigenvalue weighted by molar-refractivity contribution is 5.93.